The first-order valence-electron chi connectivity index (χ1n) is 19.8. The lowest BCUT2D eigenvalue weighted by molar-refractivity contribution is -0.295. The normalized spacial score (nSPS) is 22.9. The standard InChI is InChI=1S/C38H73NO10/c1-3-5-7-9-11-13-15-16-17-19-20-22-24-26-30(40)29(28-48-38-34(44)32(42)33(43)35(49-38)37(46)47)39-36(45)31(41)27-25-23-21-18-14-12-10-8-6-4-2/h29-35,38,40-44H,3-28H2,1-2H3,(H,39,45)(H,46,47). The van der Waals surface area contributed by atoms with E-state index in [-0.39, 0.29) is 6.61 Å². The van der Waals surface area contributed by atoms with Gasteiger partial charge in [0, 0.05) is 0 Å². The lowest BCUT2D eigenvalue weighted by Gasteiger charge is -2.39. The van der Waals surface area contributed by atoms with Crippen LogP contribution in [0.25, 0.3) is 0 Å². The third-order valence-electron chi connectivity index (χ3n) is 9.78. The number of aliphatic hydroxyl groups excluding tert-OH is 5. The molecule has 1 amide bonds. The summed E-state index contributed by atoms with van der Waals surface area (Å²) >= 11 is 0. The third-order valence-corrected chi connectivity index (χ3v) is 9.78. The second kappa shape index (κ2) is 29.3. The average Bonchev–Trinajstić information content (AvgIpc) is 3.08. The molecule has 1 heterocycles. The maximum Gasteiger partial charge on any atom is 0.335 e. The molecule has 1 fully saturated rings. The van der Waals surface area contributed by atoms with Gasteiger partial charge in [0.05, 0.1) is 18.8 Å². The van der Waals surface area contributed by atoms with E-state index in [1.807, 2.05) is 0 Å². The molecular weight excluding hydrogens is 630 g/mol. The molecule has 0 radical (unpaired) electrons. The van der Waals surface area contributed by atoms with Gasteiger partial charge in [0.2, 0.25) is 5.91 Å². The number of ether oxygens (including phenoxy) is 2. The summed E-state index contributed by atoms with van der Waals surface area (Å²) in [5.41, 5.74) is 0. The smallest absolute Gasteiger partial charge is 0.335 e. The Labute approximate surface area is 296 Å². The van der Waals surface area contributed by atoms with Crippen LogP contribution in [0.3, 0.4) is 0 Å². The van der Waals surface area contributed by atoms with Crippen LogP contribution in [0.4, 0.5) is 0 Å². The lowest BCUT2D eigenvalue weighted by Crippen LogP contribution is -2.61. The van der Waals surface area contributed by atoms with Gasteiger partial charge in [-0.2, -0.15) is 0 Å². The highest BCUT2D eigenvalue weighted by Crippen LogP contribution is 2.23. The van der Waals surface area contributed by atoms with Crippen molar-refractivity contribution in [1.82, 2.24) is 5.32 Å². The predicted molar refractivity (Wildman–Crippen MR) is 191 cm³/mol. The van der Waals surface area contributed by atoms with Gasteiger partial charge in [0.25, 0.3) is 0 Å². The number of aliphatic carboxylic acids is 1. The van der Waals surface area contributed by atoms with E-state index in [0.29, 0.717) is 19.3 Å². The number of carbonyl (C=O) groups is 2. The summed E-state index contributed by atoms with van der Waals surface area (Å²) in [6, 6.07) is -0.977. The molecule has 290 valence electrons. The Kier molecular flexibility index (Phi) is 27.3. The van der Waals surface area contributed by atoms with E-state index in [2.05, 4.69) is 19.2 Å². The second-order valence-electron chi connectivity index (χ2n) is 14.3. The molecule has 11 nitrogen and oxygen atoms in total. The van der Waals surface area contributed by atoms with Crippen molar-refractivity contribution in [2.75, 3.05) is 6.61 Å². The minimum absolute atomic E-state index is 0.291. The van der Waals surface area contributed by atoms with Crippen molar-refractivity contribution in [1.29, 1.82) is 0 Å². The molecule has 1 saturated heterocycles. The van der Waals surface area contributed by atoms with Crippen molar-refractivity contribution < 1.29 is 49.7 Å². The fourth-order valence-corrected chi connectivity index (χ4v) is 6.44. The van der Waals surface area contributed by atoms with Crippen molar-refractivity contribution in [3.05, 3.63) is 0 Å². The zero-order valence-corrected chi connectivity index (χ0v) is 30.8. The van der Waals surface area contributed by atoms with Gasteiger partial charge in [-0.15, -0.1) is 0 Å². The number of rotatable bonds is 32. The molecule has 49 heavy (non-hydrogen) atoms. The van der Waals surface area contributed by atoms with E-state index < -0.39 is 60.8 Å². The number of hydrogen-bond acceptors (Lipinski definition) is 9. The molecule has 1 rings (SSSR count). The number of nitrogens with one attached hydrogen (secondary N) is 1. The van der Waals surface area contributed by atoms with Crippen molar-refractivity contribution in [2.45, 2.75) is 223 Å². The fraction of sp³-hybridized carbons (Fsp3) is 0.947. The predicted octanol–water partition coefficient (Wildman–Crippen LogP) is 5.89. The molecule has 0 aromatic carbocycles. The van der Waals surface area contributed by atoms with Gasteiger partial charge in [-0.1, -0.05) is 162 Å². The quantitative estimate of drug-likeness (QED) is 0.0417. The van der Waals surface area contributed by atoms with Crippen LogP contribution in [0.1, 0.15) is 174 Å². The topological polar surface area (TPSA) is 186 Å². The molecular formula is C38H73NO10. The Bertz CT molecular complexity index is 817. The number of amides is 1. The maximum absolute atomic E-state index is 12.9. The Morgan fingerprint density at radius 2 is 1.02 bits per heavy atom. The zero-order valence-electron chi connectivity index (χ0n) is 30.8. The summed E-state index contributed by atoms with van der Waals surface area (Å²) in [7, 11) is 0. The molecule has 7 N–H and O–H groups in total. The number of carboxylic acid groups (broad SMARTS) is 1. The molecule has 0 aromatic heterocycles. The molecule has 0 spiro atoms. The zero-order chi connectivity index (χ0) is 36.3. The van der Waals surface area contributed by atoms with Gasteiger partial charge in [0.1, 0.15) is 24.4 Å². The highest BCUT2D eigenvalue weighted by Gasteiger charge is 2.47. The van der Waals surface area contributed by atoms with Gasteiger partial charge in [-0.3, -0.25) is 4.79 Å². The van der Waals surface area contributed by atoms with Crippen LogP contribution in [-0.2, 0) is 19.1 Å². The first-order valence-corrected chi connectivity index (χ1v) is 19.8. The maximum atomic E-state index is 12.9. The first kappa shape index (κ1) is 45.7. The largest absolute Gasteiger partial charge is 0.479 e. The highest BCUT2D eigenvalue weighted by molar-refractivity contribution is 5.80. The molecule has 0 bridgehead atoms. The molecule has 11 heteroatoms. The van der Waals surface area contributed by atoms with E-state index in [0.717, 1.165) is 44.9 Å². The van der Waals surface area contributed by atoms with Crippen molar-refractivity contribution in [2.24, 2.45) is 0 Å². The lowest BCUT2D eigenvalue weighted by atomic mass is 9.99. The monoisotopic (exact) mass is 704 g/mol. The highest BCUT2D eigenvalue weighted by atomic mass is 16.7. The molecule has 8 unspecified atom stereocenters. The van der Waals surface area contributed by atoms with Crippen LogP contribution in [-0.4, -0.2) is 98.1 Å². The third kappa shape index (κ3) is 20.9. The SMILES string of the molecule is CCCCCCCCCCCCCCCC(O)C(COC1OC(C(=O)O)C(O)C(O)C1O)NC(=O)C(O)CCCCCCCCCCCC. The molecule has 0 saturated carbocycles. The second-order valence-corrected chi connectivity index (χ2v) is 14.3. The van der Waals surface area contributed by atoms with Crippen molar-refractivity contribution in [3.63, 3.8) is 0 Å². The number of hydrogen-bond donors (Lipinski definition) is 7. The average molecular weight is 704 g/mol. The minimum atomic E-state index is -1.86. The Morgan fingerprint density at radius 3 is 1.45 bits per heavy atom. The summed E-state index contributed by atoms with van der Waals surface area (Å²) < 4.78 is 10.8. The number of carbonyl (C=O) groups excluding carboxylic acids is 1. The Hall–Kier alpha value is -1.34. The summed E-state index contributed by atoms with van der Waals surface area (Å²) in [5, 5.41) is 64.1. The molecule has 1 aliphatic heterocycles. The minimum Gasteiger partial charge on any atom is -0.479 e. The molecule has 1 aliphatic rings. The number of unbranched alkanes of at least 4 members (excludes halogenated alkanes) is 21. The van der Waals surface area contributed by atoms with Crippen LogP contribution < -0.4 is 5.32 Å². The van der Waals surface area contributed by atoms with Crippen molar-refractivity contribution in [3.8, 4) is 0 Å². The molecule has 0 aliphatic carbocycles. The van der Waals surface area contributed by atoms with E-state index in [4.69, 9.17) is 9.47 Å². The van der Waals surface area contributed by atoms with Crippen LogP contribution in [0, 0.1) is 0 Å². The first-order chi connectivity index (χ1) is 23.6. The summed E-state index contributed by atoms with van der Waals surface area (Å²) in [6.45, 7) is 4.07. The van der Waals surface area contributed by atoms with E-state index in [9.17, 15) is 40.2 Å². The van der Waals surface area contributed by atoms with Crippen LogP contribution >= 0.6 is 0 Å². The number of carboxylic acids is 1. The number of aliphatic hydroxyl groups is 5. The van der Waals surface area contributed by atoms with E-state index in [1.54, 1.807) is 0 Å². The van der Waals surface area contributed by atoms with Gasteiger partial charge < -0.3 is 45.4 Å². The van der Waals surface area contributed by atoms with Gasteiger partial charge in [-0.25, -0.2) is 4.79 Å². The van der Waals surface area contributed by atoms with Crippen LogP contribution in [0.5, 0.6) is 0 Å². The van der Waals surface area contributed by atoms with Gasteiger partial charge in [0.15, 0.2) is 12.4 Å². The van der Waals surface area contributed by atoms with Crippen LogP contribution in [0.15, 0.2) is 0 Å². The molecule has 8 atom stereocenters. The Morgan fingerprint density at radius 1 is 0.612 bits per heavy atom. The summed E-state index contributed by atoms with van der Waals surface area (Å²) in [4.78, 5) is 24.4. The molecule has 0 aromatic rings. The van der Waals surface area contributed by atoms with Crippen molar-refractivity contribution >= 4 is 11.9 Å². The van der Waals surface area contributed by atoms with E-state index in [1.165, 1.54) is 96.3 Å². The summed E-state index contributed by atoms with van der Waals surface area (Å²) in [6.07, 6.45) is 16.3. The van der Waals surface area contributed by atoms with Crippen LogP contribution in [0.2, 0.25) is 0 Å². The van der Waals surface area contributed by atoms with E-state index >= 15 is 0 Å². The van der Waals surface area contributed by atoms with Gasteiger partial charge in [-0.05, 0) is 12.8 Å². The van der Waals surface area contributed by atoms with Gasteiger partial charge >= 0.3 is 5.97 Å². The Balaban J connectivity index is 2.53. The summed E-state index contributed by atoms with van der Waals surface area (Å²) in [5.74, 6) is -2.17. The fourth-order valence-electron chi connectivity index (χ4n) is 6.44.